The molecule has 1 fully saturated rings. The molecule has 2 heterocycles. The van der Waals surface area contributed by atoms with Crippen molar-refractivity contribution in [2.24, 2.45) is 0 Å². The van der Waals surface area contributed by atoms with Crippen LogP contribution in [-0.2, 0) is 0 Å². The molecule has 6 nitrogen and oxygen atoms in total. The summed E-state index contributed by atoms with van der Waals surface area (Å²) in [5, 5.41) is 7.98. The van der Waals surface area contributed by atoms with Crippen molar-refractivity contribution in [3.05, 3.63) is 40.4 Å². The summed E-state index contributed by atoms with van der Waals surface area (Å²) < 4.78 is 0. The maximum Gasteiger partial charge on any atom is 0.325 e. The van der Waals surface area contributed by atoms with Crippen LogP contribution < -0.4 is 10.6 Å². The number of nitrogens with zero attached hydrogens (tertiary/aromatic N) is 2. The third-order valence-electron chi connectivity index (χ3n) is 3.69. The molecule has 0 aliphatic carbocycles. The number of hydrogen-bond acceptors (Lipinski definition) is 4. The van der Waals surface area contributed by atoms with Crippen LogP contribution in [0, 0.1) is 0 Å². The van der Waals surface area contributed by atoms with E-state index < -0.39 is 6.03 Å². The molecule has 1 saturated heterocycles. The van der Waals surface area contributed by atoms with Gasteiger partial charge in [0.2, 0.25) is 0 Å². The van der Waals surface area contributed by atoms with Gasteiger partial charge in [-0.2, -0.15) is 0 Å². The molecule has 0 saturated carbocycles. The van der Waals surface area contributed by atoms with E-state index in [4.69, 9.17) is 11.6 Å². The Morgan fingerprint density at radius 2 is 1.79 bits per heavy atom. The van der Waals surface area contributed by atoms with Gasteiger partial charge in [-0.05, 0) is 43.5 Å². The van der Waals surface area contributed by atoms with E-state index in [1.165, 1.54) is 17.8 Å². The molecule has 24 heavy (non-hydrogen) atoms. The Balaban J connectivity index is 1.57. The minimum Gasteiger partial charge on any atom is -0.337 e. The second kappa shape index (κ2) is 7.63. The molecule has 3 rings (SSSR count). The highest BCUT2D eigenvalue weighted by Gasteiger charge is 2.20. The van der Waals surface area contributed by atoms with Crippen molar-refractivity contribution < 1.29 is 9.59 Å². The van der Waals surface area contributed by atoms with Crippen molar-refractivity contribution in [2.45, 2.75) is 19.3 Å². The average Bonchev–Trinajstić information content (AvgIpc) is 3.05. The summed E-state index contributed by atoms with van der Waals surface area (Å²) in [6.45, 7) is 1.55. The van der Waals surface area contributed by atoms with Crippen molar-refractivity contribution in [1.29, 1.82) is 0 Å². The van der Waals surface area contributed by atoms with Crippen LogP contribution in [-0.4, -0.2) is 34.9 Å². The Bertz CT molecular complexity index is 726. The summed E-state index contributed by atoms with van der Waals surface area (Å²) in [5.74, 6) is -0.0721. The van der Waals surface area contributed by atoms with Crippen LogP contribution >= 0.6 is 22.9 Å². The number of thiazole rings is 1. The number of amides is 3. The number of carbonyl (C=O) groups is 2. The fourth-order valence-corrected chi connectivity index (χ4v) is 3.29. The van der Waals surface area contributed by atoms with Crippen LogP contribution in [0.1, 0.15) is 29.8 Å². The van der Waals surface area contributed by atoms with Gasteiger partial charge < -0.3 is 10.2 Å². The number of hydrogen-bond donors (Lipinski definition) is 2. The first-order valence-electron chi connectivity index (χ1n) is 7.70. The first-order valence-corrected chi connectivity index (χ1v) is 8.96. The van der Waals surface area contributed by atoms with E-state index in [2.05, 4.69) is 15.6 Å². The summed E-state index contributed by atoms with van der Waals surface area (Å²) in [6.07, 6.45) is 3.23. The summed E-state index contributed by atoms with van der Waals surface area (Å²) in [7, 11) is 0. The number of likely N-dealkylation sites (tertiary alicyclic amines) is 1. The van der Waals surface area contributed by atoms with E-state index in [9.17, 15) is 9.59 Å². The van der Waals surface area contributed by atoms with Crippen LogP contribution in [0.5, 0.6) is 0 Å². The van der Waals surface area contributed by atoms with Gasteiger partial charge >= 0.3 is 6.03 Å². The highest BCUT2D eigenvalue weighted by atomic mass is 35.5. The van der Waals surface area contributed by atoms with Crippen molar-refractivity contribution >= 4 is 45.7 Å². The lowest BCUT2D eigenvalue weighted by atomic mass is 10.1. The standard InChI is InChI=1S/C16H17ClN4O2S/c17-11-4-6-12(7-5-11)18-15(23)20-16-19-13(10-24-16)14(22)21-8-2-1-3-9-21/h4-7,10H,1-3,8-9H2,(H2,18,19,20,23). The van der Waals surface area contributed by atoms with Gasteiger partial charge in [-0.3, -0.25) is 10.1 Å². The van der Waals surface area contributed by atoms with Gasteiger partial charge in [0.25, 0.3) is 5.91 Å². The Kier molecular flexibility index (Phi) is 5.32. The monoisotopic (exact) mass is 364 g/mol. The molecule has 1 aromatic heterocycles. The molecule has 8 heteroatoms. The van der Waals surface area contributed by atoms with Crippen molar-refractivity contribution in [3.63, 3.8) is 0 Å². The smallest absolute Gasteiger partial charge is 0.325 e. The van der Waals surface area contributed by atoms with Crippen LogP contribution in [0.3, 0.4) is 0 Å². The largest absolute Gasteiger partial charge is 0.337 e. The number of rotatable bonds is 3. The molecule has 1 aliphatic rings. The molecule has 1 aromatic carbocycles. The van der Waals surface area contributed by atoms with E-state index in [0.717, 1.165) is 25.9 Å². The fraction of sp³-hybridized carbons (Fsp3) is 0.312. The zero-order valence-corrected chi connectivity index (χ0v) is 14.5. The van der Waals surface area contributed by atoms with Crippen molar-refractivity contribution in [2.75, 3.05) is 23.7 Å². The number of urea groups is 1. The molecule has 0 atom stereocenters. The fourth-order valence-electron chi connectivity index (χ4n) is 2.48. The van der Waals surface area contributed by atoms with Gasteiger partial charge in [0.1, 0.15) is 5.69 Å². The summed E-state index contributed by atoms with van der Waals surface area (Å²) in [6, 6.07) is 6.37. The van der Waals surface area contributed by atoms with Gasteiger partial charge in [-0.1, -0.05) is 11.6 Å². The summed E-state index contributed by atoms with van der Waals surface area (Å²) >= 11 is 7.03. The number of benzene rings is 1. The maximum atomic E-state index is 12.4. The molecular formula is C16H17ClN4O2S. The Labute approximate surface area is 148 Å². The van der Waals surface area contributed by atoms with E-state index >= 15 is 0 Å². The molecule has 2 aromatic rings. The van der Waals surface area contributed by atoms with Gasteiger partial charge in [-0.15, -0.1) is 11.3 Å². The van der Waals surface area contributed by atoms with Crippen LogP contribution in [0.25, 0.3) is 0 Å². The maximum absolute atomic E-state index is 12.4. The normalized spacial score (nSPS) is 14.3. The molecule has 126 valence electrons. The van der Waals surface area contributed by atoms with Gasteiger partial charge in [0.15, 0.2) is 5.13 Å². The first kappa shape index (κ1) is 16.7. The third-order valence-corrected chi connectivity index (χ3v) is 4.70. The van der Waals surface area contributed by atoms with E-state index in [-0.39, 0.29) is 5.91 Å². The number of halogens is 1. The Hall–Kier alpha value is -2.12. The molecule has 0 spiro atoms. The van der Waals surface area contributed by atoms with Crippen LogP contribution in [0.2, 0.25) is 5.02 Å². The van der Waals surface area contributed by atoms with E-state index in [0.29, 0.717) is 21.5 Å². The number of piperidine rings is 1. The van der Waals surface area contributed by atoms with E-state index in [1.807, 2.05) is 4.90 Å². The second-order valence-corrected chi connectivity index (χ2v) is 6.77. The zero-order valence-electron chi connectivity index (χ0n) is 12.9. The molecule has 0 radical (unpaired) electrons. The quantitative estimate of drug-likeness (QED) is 0.862. The average molecular weight is 365 g/mol. The molecule has 2 N–H and O–H groups in total. The summed E-state index contributed by atoms with van der Waals surface area (Å²) in [4.78, 5) is 30.3. The van der Waals surface area contributed by atoms with Crippen LogP contribution in [0.4, 0.5) is 15.6 Å². The molecule has 0 bridgehead atoms. The Morgan fingerprint density at radius 1 is 1.08 bits per heavy atom. The predicted molar refractivity (Wildman–Crippen MR) is 96.0 cm³/mol. The Morgan fingerprint density at radius 3 is 2.50 bits per heavy atom. The minimum absolute atomic E-state index is 0.0721. The third kappa shape index (κ3) is 4.24. The lowest BCUT2D eigenvalue weighted by Gasteiger charge is -2.25. The van der Waals surface area contributed by atoms with Gasteiger partial charge in [0, 0.05) is 29.2 Å². The number of carbonyl (C=O) groups excluding carboxylic acids is 2. The molecule has 1 aliphatic heterocycles. The highest BCUT2D eigenvalue weighted by molar-refractivity contribution is 7.14. The number of aromatic nitrogens is 1. The van der Waals surface area contributed by atoms with Crippen LogP contribution in [0.15, 0.2) is 29.6 Å². The highest BCUT2D eigenvalue weighted by Crippen LogP contribution is 2.19. The second-order valence-electron chi connectivity index (χ2n) is 5.48. The summed E-state index contributed by atoms with van der Waals surface area (Å²) in [5.41, 5.74) is 1.00. The first-order chi connectivity index (χ1) is 11.6. The topological polar surface area (TPSA) is 74.3 Å². The lowest BCUT2D eigenvalue weighted by molar-refractivity contribution is 0.0719. The van der Waals surface area contributed by atoms with Crippen molar-refractivity contribution in [1.82, 2.24) is 9.88 Å². The molecule has 3 amide bonds. The minimum atomic E-state index is -0.413. The molecule has 0 unspecified atom stereocenters. The number of anilines is 2. The predicted octanol–water partition coefficient (Wildman–Crippen LogP) is 4.07. The molecular weight excluding hydrogens is 348 g/mol. The van der Waals surface area contributed by atoms with E-state index in [1.54, 1.807) is 29.6 Å². The lowest BCUT2D eigenvalue weighted by Crippen LogP contribution is -2.35. The number of nitrogens with one attached hydrogen (secondary N) is 2. The zero-order chi connectivity index (χ0) is 16.9. The SMILES string of the molecule is O=C(Nc1ccc(Cl)cc1)Nc1nc(C(=O)N2CCCCC2)cs1. The van der Waals surface area contributed by atoms with Gasteiger partial charge in [-0.25, -0.2) is 9.78 Å². The van der Waals surface area contributed by atoms with Crippen molar-refractivity contribution in [3.8, 4) is 0 Å². The van der Waals surface area contributed by atoms with Gasteiger partial charge in [0.05, 0.1) is 0 Å².